The molecule has 1 unspecified atom stereocenters. The summed E-state index contributed by atoms with van der Waals surface area (Å²) < 4.78 is 0. The van der Waals surface area contributed by atoms with Crippen LogP contribution in [-0.2, 0) is 0 Å². The van der Waals surface area contributed by atoms with Crippen molar-refractivity contribution in [3.05, 3.63) is 0 Å². The van der Waals surface area contributed by atoms with Gasteiger partial charge in [-0.05, 0) is 26.2 Å². The normalized spacial score (nSPS) is 28.5. The summed E-state index contributed by atoms with van der Waals surface area (Å²) in [4.78, 5) is 2.62. The fourth-order valence-corrected chi connectivity index (χ4v) is 2.01. The van der Waals surface area contributed by atoms with Crippen LogP contribution >= 0.6 is 0 Å². The molecule has 2 nitrogen and oxygen atoms in total. The van der Waals surface area contributed by atoms with Crippen molar-refractivity contribution < 1.29 is 0 Å². The second kappa shape index (κ2) is 4.13. The molecule has 2 heteroatoms. The topological polar surface area (TPSA) is 15.3 Å². The summed E-state index contributed by atoms with van der Waals surface area (Å²) in [6.07, 6.45) is 4.17. The highest BCUT2D eigenvalue weighted by molar-refractivity contribution is 4.99. The maximum Gasteiger partial charge on any atom is 0.0578 e. The van der Waals surface area contributed by atoms with Crippen LogP contribution in [0.2, 0.25) is 0 Å². The van der Waals surface area contributed by atoms with Gasteiger partial charge in [0, 0.05) is 25.2 Å². The smallest absolute Gasteiger partial charge is 0.0578 e. The first-order chi connectivity index (χ1) is 6.40. The monoisotopic (exact) mass is 178 g/mol. The maximum absolute atomic E-state index is 3.48. The van der Waals surface area contributed by atoms with E-state index in [2.05, 4.69) is 22.1 Å². The summed E-state index contributed by atoms with van der Waals surface area (Å²) >= 11 is 0. The molecule has 0 aromatic heterocycles. The van der Waals surface area contributed by atoms with Crippen molar-refractivity contribution in [3.63, 3.8) is 0 Å². The lowest BCUT2D eigenvalue weighted by atomic mass is 10.2. The number of hydrogen-bond donors (Lipinski definition) is 1. The largest absolute Gasteiger partial charge is 0.302 e. The van der Waals surface area contributed by atoms with Crippen molar-refractivity contribution >= 4 is 0 Å². The Kier molecular flexibility index (Phi) is 2.87. The summed E-state index contributed by atoms with van der Waals surface area (Å²) in [6.45, 7) is 5.30. The highest BCUT2D eigenvalue weighted by Gasteiger charge is 2.33. The molecule has 1 saturated heterocycles. The van der Waals surface area contributed by atoms with E-state index in [0.717, 1.165) is 12.6 Å². The molecule has 2 aliphatic rings. The molecule has 1 saturated carbocycles. The maximum atomic E-state index is 3.48. The summed E-state index contributed by atoms with van der Waals surface area (Å²) in [5, 5.41) is 3.48. The fourth-order valence-electron chi connectivity index (χ4n) is 2.01. The van der Waals surface area contributed by atoms with E-state index in [-0.39, 0.29) is 0 Å². The molecule has 0 aromatic rings. The molecule has 0 aromatic carbocycles. The number of hydrogen-bond acceptors (Lipinski definition) is 2. The van der Waals surface area contributed by atoms with E-state index < -0.39 is 0 Å². The Morgan fingerprint density at radius 2 is 2.23 bits per heavy atom. The van der Waals surface area contributed by atoms with Crippen LogP contribution in [-0.4, -0.2) is 36.6 Å². The van der Waals surface area contributed by atoms with Crippen LogP contribution in [0, 0.1) is 11.8 Å². The van der Waals surface area contributed by atoms with Gasteiger partial charge in [0.15, 0.2) is 0 Å². The average molecular weight is 178 g/mol. The third-order valence-corrected chi connectivity index (χ3v) is 2.94. The third kappa shape index (κ3) is 2.46. The summed E-state index contributed by atoms with van der Waals surface area (Å²) in [5.41, 5.74) is 0. The lowest BCUT2D eigenvalue weighted by Crippen LogP contribution is -2.33. The second-order valence-corrected chi connectivity index (χ2v) is 4.02. The van der Waals surface area contributed by atoms with E-state index in [1.54, 1.807) is 0 Å². The van der Waals surface area contributed by atoms with Gasteiger partial charge >= 0.3 is 0 Å². The van der Waals surface area contributed by atoms with Gasteiger partial charge in [0.25, 0.3) is 0 Å². The van der Waals surface area contributed by atoms with Crippen LogP contribution < -0.4 is 5.32 Å². The van der Waals surface area contributed by atoms with E-state index in [0.29, 0.717) is 6.04 Å². The van der Waals surface area contributed by atoms with Gasteiger partial charge in [-0.3, -0.25) is 4.90 Å². The second-order valence-electron chi connectivity index (χ2n) is 4.02. The molecular weight excluding hydrogens is 160 g/mol. The highest BCUT2D eigenvalue weighted by Crippen LogP contribution is 2.29. The standard InChI is InChI=1S/C11H18N2/c1-2-3-7-12-10-6-8-13(9-10)11-4-5-11/h10-12H,4-9H2,1H3. The molecule has 72 valence electrons. The van der Waals surface area contributed by atoms with Crippen LogP contribution in [0.3, 0.4) is 0 Å². The Labute approximate surface area is 80.7 Å². The number of likely N-dealkylation sites (tertiary alicyclic amines) is 1. The molecule has 1 N–H and O–H groups in total. The van der Waals surface area contributed by atoms with Crippen molar-refractivity contribution in [2.45, 2.75) is 38.3 Å². The Hall–Kier alpha value is -0.520. The lowest BCUT2D eigenvalue weighted by molar-refractivity contribution is 0.319. The van der Waals surface area contributed by atoms with Gasteiger partial charge in [-0.1, -0.05) is 5.92 Å². The average Bonchev–Trinajstić information content (AvgIpc) is 2.88. The minimum Gasteiger partial charge on any atom is -0.302 e. The van der Waals surface area contributed by atoms with Crippen molar-refractivity contribution in [3.8, 4) is 11.8 Å². The summed E-state index contributed by atoms with van der Waals surface area (Å²) in [5.74, 6) is 5.97. The van der Waals surface area contributed by atoms with Crippen molar-refractivity contribution in [1.29, 1.82) is 0 Å². The Morgan fingerprint density at radius 3 is 2.92 bits per heavy atom. The van der Waals surface area contributed by atoms with Gasteiger partial charge in [0.2, 0.25) is 0 Å². The molecule has 2 fully saturated rings. The molecule has 0 amide bonds. The fraction of sp³-hybridized carbons (Fsp3) is 0.818. The number of rotatable bonds is 3. The zero-order chi connectivity index (χ0) is 9.10. The molecule has 1 atom stereocenters. The molecular formula is C11H18N2. The first-order valence-corrected chi connectivity index (χ1v) is 5.27. The van der Waals surface area contributed by atoms with E-state index >= 15 is 0 Å². The van der Waals surface area contributed by atoms with E-state index in [9.17, 15) is 0 Å². The first-order valence-electron chi connectivity index (χ1n) is 5.27. The molecule has 1 aliphatic carbocycles. The molecule has 0 spiro atoms. The van der Waals surface area contributed by atoms with Gasteiger partial charge in [0.1, 0.15) is 0 Å². The predicted molar refractivity (Wildman–Crippen MR) is 54.5 cm³/mol. The quantitative estimate of drug-likeness (QED) is 0.644. The first kappa shape index (κ1) is 9.05. The predicted octanol–water partition coefficient (Wildman–Crippen LogP) is 0.836. The van der Waals surface area contributed by atoms with Gasteiger partial charge in [-0.2, -0.15) is 0 Å². The Balaban J connectivity index is 1.67. The minimum atomic E-state index is 0.696. The van der Waals surface area contributed by atoms with E-state index in [4.69, 9.17) is 0 Å². The van der Waals surface area contributed by atoms with Crippen LogP contribution in [0.5, 0.6) is 0 Å². The molecule has 2 rings (SSSR count). The highest BCUT2D eigenvalue weighted by atomic mass is 15.2. The molecule has 0 radical (unpaired) electrons. The molecule has 1 heterocycles. The van der Waals surface area contributed by atoms with Crippen LogP contribution in [0.15, 0.2) is 0 Å². The zero-order valence-corrected chi connectivity index (χ0v) is 8.34. The number of nitrogens with one attached hydrogen (secondary N) is 1. The SMILES string of the molecule is CC#CCNC1CCN(C2CC2)C1. The van der Waals surface area contributed by atoms with Crippen molar-refractivity contribution in [2.24, 2.45) is 0 Å². The zero-order valence-electron chi connectivity index (χ0n) is 8.34. The molecule has 0 bridgehead atoms. The van der Waals surface area contributed by atoms with Gasteiger partial charge < -0.3 is 5.32 Å². The lowest BCUT2D eigenvalue weighted by Gasteiger charge is -2.14. The van der Waals surface area contributed by atoms with Crippen molar-refractivity contribution in [2.75, 3.05) is 19.6 Å². The van der Waals surface area contributed by atoms with E-state index in [1.807, 2.05) is 6.92 Å². The van der Waals surface area contributed by atoms with Gasteiger partial charge in [0.05, 0.1) is 6.54 Å². The molecule has 13 heavy (non-hydrogen) atoms. The van der Waals surface area contributed by atoms with Crippen LogP contribution in [0.1, 0.15) is 26.2 Å². The molecule has 1 aliphatic heterocycles. The van der Waals surface area contributed by atoms with Gasteiger partial charge in [-0.15, -0.1) is 5.92 Å². The van der Waals surface area contributed by atoms with Crippen molar-refractivity contribution in [1.82, 2.24) is 10.2 Å². The van der Waals surface area contributed by atoms with Crippen LogP contribution in [0.25, 0.3) is 0 Å². The summed E-state index contributed by atoms with van der Waals surface area (Å²) in [7, 11) is 0. The number of nitrogens with zero attached hydrogens (tertiary/aromatic N) is 1. The Morgan fingerprint density at radius 1 is 1.38 bits per heavy atom. The minimum absolute atomic E-state index is 0.696. The van der Waals surface area contributed by atoms with Gasteiger partial charge in [-0.25, -0.2) is 0 Å². The third-order valence-electron chi connectivity index (χ3n) is 2.94. The summed E-state index contributed by atoms with van der Waals surface area (Å²) in [6, 6.07) is 1.63. The van der Waals surface area contributed by atoms with Crippen LogP contribution in [0.4, 0.5) is 0 Å². The van der Waals surface area contributed by atoms with E-state index in [1.165, 1.54) is 32.4 Å². The Bertz CT molecular complexity index is 222.